The fourth-order valence-electron chi connectivity index (χ4n) is 2.95. The molecule has 7 nitrogen and oxygen atoms in total. The van der Waals surface area contributed by atoms with E-state index in [0.29, 0.717) is 17.1 Å². The van der Waals surface area contributed by atoms with Crippen molar-refractivity contribution in [1.29, 1.82) is 5.26 Å². The molecule has 134 valence electrons. The summed E-state index contributed by atoms with van der Waals surface area (Å²) in [7, 11) is 0. The topological polar surface area (TPSA) is 101 Å². The van der Waals surface area contributed by atoms with Gasteiger partial charge in [0.25, 0.3) is 0 Å². The minimum atomic E-state index is -0.902. The molecule has 2 aromatic rings. The minimum absolute atomic E-state index is 0.0601. The zero-order chi connectivity index (χ0) is 18.4. The molecule has 0 saturated heterocycles. The van der Waals surface area contributed by atoms with Crippen LogP contribution >= 0.6 is 0 Å². The number of carbonyl (C=O) groups is 1. The Labute approximate surface area is 151 Å². The van der Waals surface area contributed by atoms with Crippen molar-refractivity contribution < 1.29 is 14.6 Å². The Kier molecular flexibility index (Phi) is 5.64. The van der Waals surface area contributed by atoms with Gasteiger partial charge in [-0.2, -0.15) is 5.26 Å². The summed E-state index contributed by atoms with van der Waals surface area (Å²) in [4.78, 5) is 10.6. The summed E-state index contributed by atoms with van der Waals surface area (Å²) >= 11 is 0. The number of ether oxygens (including phenoxy) is 1. The average molecular weight is 352 g/mol. The number of benzene rings is 1. The SMILES string of the molecule is N#C/C(=C/c1cccc(OCCC(=O)O)c1)c1nnc2n1CCCCC2. The zero-order valence-corrected chi connectivity index (χ0v) is 14.4. The van der Waals surface area contributed by atoms with E-state index in [-0.39, 0.29) is 13.0 Å². The molecule has 0 spiro atoms. The summed E-state index contributed by atoms with van der Waals surface area (Å²) in [6.07, 6.45) is 5.90. The van der Waals surface area contributed by atoms with Crippen LogP contribution in [0.2, 0.25) is 0 Å². The number of carboxylic acid groups (broad SMARTS) is 1. The van der Waals surface area contributed by atoms with Gasteiger partial charge in [-0.1, -0.05) is 18.6 Å². The summed E-state index contributed by atoms with van der Waals surface area (Å²) in [5.41, 5.74) is 1.24. The number of aryl methyl sites for hydroxylation is 1. The lowest BCUT2D eigenvalue weighted by molar-refractivity contribution is -0.137. The molecule has 0 atom stereocenters. The Bertz CT molecular complexity index is 864. The second kappa shape index (κ2) is 8.30. The lowest BCUT2D eigenvalue weighted by Crippen LogP contribution is -2.05. The van der Waals surface area contributed by atoms with E-state index in [9.17, 15) is 10.1 Å². The molecule has 0 unspecified atom stereocenters. The summed E-state index contributed by atoms with van der Waals surface area (Å²) in [6, 6.07) is 9.42. The van der Waals surface area contributed by atoms with Gasteiger partial charge in [-0.15, -0.1) is 10.2 Å². The largest absolute Gasteiger partial charge is 0.493 e. The average Bonchev–Trinajstić information content (AvgIpc) is 2.88. The first kappa shape index (κ1) is 17.7. The van der Waals surface area contributed by atoms with Gasteiger partial charge in [-0.05, 0) is 36.6 Å². The van der Waals surface area contributed by atoms with E-state index < -0.39 is 5.97 Å². The van der Waals surface area contributed by atoms with Crippen LogP contribution in [0.3, 0.4) is 0 Å². The quantitative estimate of drug-likeness (QED) is 0.802. The number of aromatic nitrogens is 3. The smallest absolute Gasteiger partial charge is 0.306 e. The van der Waals surface area contributed by atoms with Crippen molar-refractivity contribution >= 4 is 17.6 Å². The number of aliphatic carboxylic acids is 1. The number of hydrogen-bond donors (Lipinski definition) is 1. The lowest BCUT2D eigenvalue weighted by atomic mass is 10.1. The van der Waals surface area contributed by atoms with Crippen LogP contribution in [0.5, 0.6) is 5.75 Å². The van der Waals surface area contributed by atoms with Crippen LogP contribution in [0.1, 0.15) is 42.9 Å². The Balaban J connectivity index is 1.83. The van der Waals surface area contributed by atoms with Crippen molar-refractivity contribution in [3.05, 3.63) is 41.5 Å². The second-order valence-electron chi connectivity index (χ2n) is 6.14. The highest BCUT2D eigenvalue weighted by Crippen LogP contribution is 2.23. The summed E-state index contributed by atoms with van der Waals surface area (Å²) in [5, 5.41) is 26.8. The van der Waals surface area contributed by atoms with E-state index >= 15 is 0 Å². The van der Waals surface area contributed by atoms with Crippen molar-refractivity contribution in [2.75, 3.05) is 6.61 Å². The van der Waals surface area contributed by atoms with Crippen molar-refractivity contribution in [3.8, 4) is 11.8 Å². The third-order valence-electron chi connectivity index (χ3n) is 4.22. The summed E-state index contributed by atoms with van der Waals surface area (Å²) < 4.78 is 7.48. The highest BCUT2D eigenvalue weighted by atomic mass is 16.5. The maximum atomic E-state index is 10.6. The molecule has 0 aliphatic carbocycles. The molecule has 1 aromatic carbocycles. The molecule has 3 rings (SSSR count). The van der Waals surface area contributed by atoms with Gasteiger partial charge < -0.3 is 14.4 Å². The monoisotopic (exact) mass is 352 g/mol. The first-order valence-corrected chi connectivity index (χ1v) is 8.66. The minimum Gasteiger partial charge on any atom is -0.493 e. The van der Waals surface area contributed by atoms with Gasteiger partial charge in [-0.3, -0.25) is 4.79 Å². The zero-order valence-electron chi connectivity index (χ0n) is 14.4. The fraction of sp³-hybridized carbons (Fsp3) is 0.368. The van der Waals surface area contributed by atoms with Crippen LogP contribution in [0.25, 0.3) is 11.6 Å². The number of carboxylic acids is 1. The van der Waals surface area contributed by atoms with Crippen molar-refractivity contribution in [2.45, 2.75) is 38.6 Å². The van der Waals surface area contributed by atoms with Crippen molar-refractivity contribution in [1.82, 2.24) is 14.8 Å². The Morgan fingerprint density at radius 3 is 3.04 bits per heavy atom. The molecule has 1 aliphatic rings. The number of rotatable bonds is 6. The Morgan fingerprint density at radius 1 is 1.35 bits per heavy atom. The Morgan fingerprint density at radius 2 is 2.23 bits per heavy atom. The molecule has 26 heavy (non-hydrogen) atoms. The number of hydrogen-bond acceptors (Lipinski definition) is 5. The number of fused-ring (bicyclic) bond motifs is 1. The fourth-order valence-corrected chi connectivity index (χ4v) is 2.95. The normalized spacial score (nSPS) is 14.2. The van der Waals surface area contributed by atoms with Crippen LogP contribution in [0.4, 0.5) is 0 Å². The molecule has 0 fully saturated rings. The van der Waals surface area contributed by atoms with Crippen LogP contribution in [0.15, 0.2) is 24.3 Å². The highest BCUT2D eigenvalue weighted by molar-refractivity contribution is 5.87. The molecule has 1 aromatic heterocycles. The predicted octanol–water partition coefficient (Wildman–Crippen LogP) is 2.92. The summed E-state index contributed by atoms with van der Waals surface area (Å²) in [5.74, 6) is 1.20. The first-order valence-electron chi connectivity index (χ1n) is 8.66. The van der Waals surface area contributed by atoms with Crippen LogP contribution < -0.4 is 4.74 Å². The number of nitriles is 1. The third kappa shape index (κ3) is 4.28. The van der Waals surface area contributed by atoms with Gasteiger partial charge in [0, 0.05) is 13.0 Å². The Hall–Kier alpha value is -3.14. The van der Waals surface area contributed by atoms with Crippen LogP contribution in [-0.4, -0.2) is 32.4 Å². The van der Waals surface area contributed by atoms with Gasteiger partial charge in [0.2, 0.25) is 0 Å². The summed E-state index contributed by atoms with van der Waals surface area (Å²) in [6.45, 7) is 0.931. The van der Waals surface area contributed by atoms with Crippen molar-refractivity contribution in [2.24, 2.45) is 0 Å². The molecule has 7 heteroatoms. The van der Waals surface area contributed by atoms with Crippen molar-refractivity contribution in [3.63, 3.8) is 0 Å². The maximum absolute atomic E-state index is 10.6. The molecule has 0 radical (unpaired) electrons. The van der Waals surface area contributed by atoms with Crippen LogP contribution in [-0.2, 0) is 17.8 Å². The molecule has 0 bridgehead atoms. The molecule has 1 N–H and O–H groups in total. The molecule has 1 aliphatic heterocycles. The van der Waals surface area contributed by atoms with Gasteiger partial charge in [-0.25, -0.2) is 0 Å². The molecule has 0 saturated carbocycles. The van der Waals surface area contributed by atoms with Gasteiger partial charge >= 0.3 is 5.97 Å². The van der Waals surface area contributed by atoms with Gasteiger partial charge in [0.05, 0.1) is 18.6 Å². The third-order valence-corrected chi connectivity index (χ3v) is 4.22. The standard InChI is InChI=1S/C19H20N4O3/c20-13-15(19-22-21-17-7-2-1-3-9-23(17)19)11-14-5-4-6-16(12-14)26-10-8-18(24)25/h4-6,11-12H,1-3,7-10H2,(H,24,25)/b15-11-. The second-order valence-corrected chi connectivity index (χ2v) is 6.14. The predicted molar refractivity (Wildman–Crippen MR) is 95.3 cm³/mol. The van der Waals surface area contributed by atoms with E-state index in [2.05, 4.69) is 16.3 Å². The number of allylic oxidation sites excluding steroid dienone is 1. The van der Waals surface area contributed by atoms with E-state index in [4.69, 9.17) is 9.84 Å². The highest BCUT2D eigenvalue weighted by Gasteiger charge is 2.17. The van der Waals surface area contributed by atoms with E-state index in [1.807, 2.05) is 10.6 Å². The molecular formula is C19H20N4O3. The molecule has 0 amide bonds. The van der Waals surface area contributed by atoms with E-state index in [1.165, 1.54) is 0 Å². The van der Waals surface area contributed by atoms with Gasteiger partial charge in [0.15, 0.2) is 5.82 Å². The molecular weight excluding hydrogens is 332 g/mol. The maximum Gasteiger partial charge on any atom is 0.306 e. The molecule has 2 heterocycles. The number of nitrogens with zero attached hydrogens (tertiary/aromatic N) is 4. The lowest BCUT2D eigenvalue weighted by Gasteiger charge is -2.07. The van der Waals surface area contributed by atoms with E-state index in [0.717, 1.165) is 43.6 Å². The first-order chi connectivity index (χ1) is 12.7. The van der Waals surface area contributed by atoms with Crippen LogP contribution in [0, 0.1) is 11.3 Å². The van der Waals surface area contributed by atoms with E-state index in [1.54, 1.807) is 24.3 Å². The van der Waals surface area contributed by atoms with Gasteiger partial charge in [0.1, 0.15) is 17.6 Å².